The number of para-hydroxylation sites is 2. The quantitative estimate of drug-likeness (QED) is 0.126. The molecule has 3 aromatic carbocycles. The topological polar surface area (TPSA) is 147 Å². The average Bonchev–Trinajstić information content (AvgIpc) is 2.93. The Labute approximate surface area is 249 Å². The molecular formula is C29H28Br2N4O5. The molecule has 0 saturated carbocycles. The summed E-state index contributed by atoms with van der Waals surface area (Å²) in [5.74, 6) is -0.437. The van der Waals surface area contributed by atoms with E-state index >= 15 is 0 Å². The van der Waals surface area contributed by atoms with Gasteiger partial charge in [-0.25, -0.2) is 4.79 Å². The predicted molar refractivity (Wildman–Crippen MR) is 161 cm³/mol. The van der Waals surface area contributed by atoms with Gasteiger partial charge in [-0.2, -0.15) is 5.26 Å². The van der Waals surface area contributed by atoms with Crippen molar-refractivity contribution in [1.29, 1.82) is 5.26 Å². The monoisotopic (exact) mass is 670 g/mol. The van der Waals surface area contributed by atoms with E-state index in [0.29, 0.717) is 56.6 Å². The third-order valence-electron chi connectivity index (χ3n) is 5.68. The summed E-state index contributed by atoms with van der Waals surface area (Å²) in [6, 6.07) is 18.6. The average molecular weight is 672 g/mol. The number of carbonyl (C=O) groups is 2. The Morgan fingerprint density at radius 2 is 1.85 bits per heavy atom. The van der Waals surface area contributed by atoms with Crippen molar-refractivity contribution in [2.24, 2.45) is 0 Å². The fourth-order valence-corrected chi connectivity index (χ4v) is 5.06. The van der Waals surface area contributed by atoms with Crippen molar-refractivity contribution in [3.05, 3.63) is 92.9 Å². The van der Waals surface area contributed by atoms with E-state index in [9.17, 15) is 14.7 Å². The van der Waals surface area contributed by atoms with E-state index in [1.807, 2.05) is 13.0 Å². The van der Waals surface area contributed by atoms with Gasteiger partial charge in [0.05, 0.1) is 33.6 Å². The van der Waals surface area contributed by atoms with Crippen LogP contribution in [0.5, 0.6) is 5.75 Å². The molecule has 3 aromatic rings. The molecule has 2 amide bonds. The highest BCUT2D eigenvalue weighted by molar-refractivity contribution is 9.11. The molecule has 3 rings (SSSR count). The minimum Gasteiger partial charge on any atom is -0.506 e. The number of aromatic hydroxyl groups is 1. The number of nitriles is 1. The largest absolute Gasteiger partial charge is 0.506 e. The van der Waals surface area contributed by atoms with Gasteiger partial charge in [-0.1, -0.05) is 34.1 Å². The molecule has 0 radical (unpaired) electrons. The molecular weight excluding hydrogens is 644 g/mol. The first-order valence-electron chi connectivity index (χ1n) is 12.3. The molecule has 9 nitrogen and oxygen atoms in total. The van der Waals surface area contributed by atoms with E-state index in [1.165, 1.54) is 6.08 Å². The van der Waals surface area contributed by atoms with Gasteiger partial charge >= 0.3 is 6.09 Å². The van der Waals surface area contributed by atoms with Crippen LogP contribution in [0.15, 0.2) is 81.8 Å². The standard InChI is InChI=1S/C29H28Br2N4O5/c1-2-39-25(9-5-6-10-26(36)35-24-8-4-3-7-23(24)33)28(21-15-19(30)16-22(31)27(21)37)40-29(38)34-20-13-11-18(17-32)12-14-20/h3-4,6-8,10-16,25,28,37H,2,5,9,33H2,1H3,(H,34,38)(H,35,36)/b10-6+/t25-,28-/m0/s1. The van der Waals surface area contributed by atoms with Crippen LogP contribution in [0, 0.1) is 11.3 Å². The van der Waals surface area contributed by atoms with E-state index in [1.54, 1.807) is 66.7 Å². The normalized spacial score (nSPS) is 12.3. The van der Waals surface area contributed by atoms with Gasteiger partial charge in [0.1, 0.15) is 5.75 Å². The second-order valence-electron chi connectivity index (χ2n) is 8.52. The molecule has 0 aliphatic rings. The highest BCUT2D eigenvalue weighted by Crippen LogP contribution is 2.39. The molecule has 0 aromatic heterocycles. The third-order valence-corrected chi connectivity index (χ3v) is 6.75. The third kappa shape index (κ3) is 8.84. The van der Waals surface area contributed by atoms with Gasteiger partial charge in [0, 0.05) is 22.3 Å². The summed E-state index contributed by atoms with van der Waals surface area (Å²) in [6.07, 6.45) is 1.42. The van der Waals surface area contributed by atoms with E-state index in [2.05, 4.69) is 42.5 Å². The van der Waals surface area contributed by atoms with Crippen LogP contribution in [0.4, 0.5) is 21.9 Å². The summed E-state index contributed by atoms with van der Waals surface area (Å²) in [7, 11) is 0. The van der Waals surface area contributed by atoms with Gasteiger partial charge in [-0.05, 0) is 90.3 Å². The highest BCUT2D eigenvalue weighted by atomic mass is 79.9. The minimum atomic E-state index is -1.00. The fourth-order valence-electron chi connectivity index (χ4n) is 3.81. The number of amides is 2. The van der Waals surface area contributed by atoms with Crippen LogP contribution in [0.25, 0.3) is 0 Å². The lowest BCUT2D eigenvalue weighted by Crippen LogP contribution is -2.29. The van der Waals surface area contributed by atoms with Gasteiger partial charge in [-0.3, -0.25) is 10.1 Å². The minimum absolute atomic E-state index is 0.0977. The fraction of sp³-hybridized carbons (Fsp3) is 0.207. The smallest absolute Gasteiger partial charge is 0.412 e. The second-order valence-corrected chi connectivity index (χ2v) is 10.3. The summed E-state index contributed by atoms with van der Waals surface area (Å²) >= 11 is 6.75. The molecule has 0 heterocycles. The number of hydrogen-bond acceptors (Lipinski definition) is 7. The molecule has 0 aliphatic heterocycles. The Morgan fingerprint density at radius 3 is 2.52 bits per heavy atom. The number of carbonyl (C=O) groups excluding carboxylic acids is 2. The lowest BCUT2D eigenvalue weighted by molar-refractivity contribution is -0.111. The molecule has 11 heteroatoms. The van der Waals surface area contributed by atoms with Crippen LogP contribution in [-0.2, 0) is 14.3 Å². The molecule has 0 aliphatic carbocycles. The maximum Gasteiger partial charge on any atom is 0.412 e. The van der Waals surface area contributed by atoms with Crippen LogP contribution >= 0.6 is 31.9 Å². The van der Waals surface area contributed by atoms with Gasteiger partial charge in [-0.15, -0.1) is 0 Å². The van der Waals surface area contributed by atoms with E-state index in [0.717, 1.165) is 0 Å². The molecule has 0 fully saturated rings. The second kappa shape index (κ2) is 15.1. The number of hydrogen-bond donors (Lipinski definition) is 4. The van der Waals surface area contributed by atoms with Gasteiger partial charge in [0.25, 0.3) is 0 Å². The van der Waals surface area contributed by atoms with Crippen molar-refractivity contribution < 1.29 is 24.2 Å². The molecule has 0 saturated heterocycles. The zero-order chi connectivity index (χ0) is 29.1. The van der Waals surface area contributed by atoms with E-state index in [4.69, 9.17) is 20.5 Å². The summed E-state index contributed by atoms with van der Waals surface area (Å²) in [5.41, 5.74) is 8.07. The maximum absolute atomic E-state index is 12.9. The number of nitrogen functional groups attached to an aromatic ring is 1. The Kier molecular flexibility index (Phi) is 11.6. The van der Waals surface area contributed by atoms with Crippen LogP contribution < -0.4 is 16.4 Å². The molecule has 0 unspecified atom stereocenters. The Morgan fingerprint density at radius 1 is 1.12 bits per heavy atom. The van der Waals surface area contributed by atoms with Crippen molar-refractivity contribution in [3.8, 4) is 11.8 Å². The molecule has 208 valence electrons. The molecule has 40 heavy (non-hydrogen) atoms. The van der Waals surface area contributed by atoms with Gasteiger partial charge in [0.15, 0.2) is 6.10 Å². The number of nitrogens with two attached hydrogens (primary N) is 1. The summed E-state index contributed by atoms with van der Waals surface area (Å²) < 4.78 is 12.8. The number of ether oxygens (including phenoxy) is 2. The van der Waals surface area contributed by atoms with Crippen molar-refractivity contribution in [3.63, 3.8) is 0 Å². The predicted octanol–water partition coefficient (Wildman–Crippen LogP) is 7.04. The maximum atomic E-state index is 12.9. The van der Waals surface area contributed by atoms with Gasteiger partial charge in [0.2, 0.25) is 5.91 Å². The first kappa shape index (κ1) is 30.7. The van der Waals surface area contributed by atoms with Crippen LogP contribution in [-0.4, -0.2) is 29.8 Å². The Balaban J connectivity index is 1.77. The number of anilines is 3. The molecule has 0 spiro atoms. The van der Waals surface area contributed by atoms with Crippen LogP contribution in [0.1, 0.15) is 37.0 Å². The summed E-state index contributed by atoms with van der Waals surface area (Å²) in [5, 5.41) is 25.2. The first-order valence-corrected chi connectivity index (χ1v) is 13.9. The number of nitrogens with zero attached hydrogens (tertiary/aromatic N) is 1. The van der Waals surface area contributed by atoms with Crippen molar-refractivity contribution in [1.82, 2.24) is 0 Å². The number of halogens is 2. The first-order chi connectivity index (χ1) is 19.2. The summed E-state index contributed by atoms with van der Waals surface area (Å²) in [6.45, 7) is 2.13. The number of phenols is 1. The summed E-state index contributed by atoms with van der Waals surface area (Å²) in [4.78, 5) is 25.3. The van der Waals surface area contributed by atoms with Crippen molar-refractivity contribution >= 4 is 60.9 Å². The highest BCUT2D eigenvalue weighted by Gasteiger charge is 2.31. The number of allylic oxidation sites excluding steroid dienone is 1. The van der Waals surface area contributed by atoms with Crippen LogP contribution in [0.2, 0.25) is 0 Å². The number of phenolic OH excluding ortho intramolecular Hbond substituents is 1. The molecule has 5 N–H and O–H groups in total. The van der Waals surface area contributed by atoms with Crippen LogP contribution in [0.3, 0.4) is 0 Å². The zero-order valence-corrected chi connectivity index (χ0v) is 24.7. The Bertz CT molecular complexity index is 1410. The number of benzene rings is 3. The van der Waals surface area contributed by atoms with E-state index < -0.39 is 18.3 Å². The lowest BCUT2D eigenvalue weighted by atomic mass is 9.99. The zero-order valence-electron chi connectivity index (χ0n) is 21.6. The van der Waals surface area contributed by atoms with Crippen molar-refractivity contribution in [2.75, 3.05) is 23.0 Å². The number of nitrogens with one attached hydrogen (secondary N) is 2. The SMILES string of the molecule is CCO[C@@H](CC/C=C/C(=O)Nc1ccccc1N)[C@@H](OC(=O)Nc1ccc(C#N)cc1)c1cc(Br)cc(Br)c1O. The van der Waals surface area contributed by atoms with Crippen molar-refractivity contribution in [2.45, 2.75) is 32.0 Å². The lowest BCUT2D eigenvalue weighted by Gasteiger charge is -2.28. The Hall–Kier alpha value is -3.85. The molecule has 2 atom stereocenters. The number of rotatable bonds is 11. The van der Waals surface area contributed by atoms with Gasteiger partial charge < -0.3 is 25.6 Å². The molecule has 0 bridgehead atoms. The van der Waals surface area contributed by atoms with E-state index in [-0.39, 0.29) is 11.7 Å².